The molecule has 2 N–H and O–H groups in total. The third kappa shape index (κ3) is 4.49. The molecule has 146 valence electrons. The highest BCUT2D eigenvalue weighted by atomic mass is 32.2. The van der Waals surface area contributed by atoms with Crippen molar-refractivity contribution < 1.29 is 19.1 Å². The highest BCUT2D eigenvalue weighted by Crippen LogP contribution is 2.37. The number of fused-ring (bicyclic) bond motifs is 1. The molecule has 0 fully saturated rings. The van der Waals surface area contributed by atoms with Gasteiger partial charge in [0.2, 0.25) is 0 Å². The van der Waals surface area contributed by atoms with E-state index in [1.54, 1.807) is 42.6 Å². The van der Waals surface area contributed by atoms with E-state index in [0.29, 0.717) is 40.9 Å². The Hall–Kier alpha value is -3.52. The summed E-state index contributed by atoms with van der Waals surface area (Å²) in [6.07, 6.45) is 1.61. The minimum Gasteiger partial charge on any atom is -0.486 e. The van der Waals surface area contributed by atoms with Crippen LogP contribution in [0.15, 0.2) is 76.8 Å². The molecule has 2 aromatic carbocycles. The topological polar surface area (TPSA) is 89.6 Å². The first-order valence-electron chi connectivity index (χ1n) is 8.89. The summed E-state index contributed by atoms with van der Waals surface area (Å²) in [6.45, 7) is 1.03. The standard InChI is InChI=1S/C21H17N3O4S/c25-19(14-5-2-1-3-6-14)23-24-20(26)16-7-4-10-22-21(16)29-15-8-9-17-18(13-15)28-12-11-27-17/h1-10,13H,11-12H2,(H,23,25)(H,24,26). The van der Waals surface area contributed by atoms with Crippen LogP contribution in [-0.4, -0.2) is 30.0 Å². The van der Waals surface area contributed by atoms with Gasteiger partial charge in [0, 0.05) is 16.7 Å². The number of hydrazine groups is 1. The predicted molar refractivity (Wildman–Crippen MR) is 107 cm³/mol. The molecule has 0 spiro atoms. The van der Waals surface area contributed by atoms with Crippen molar-refractivity contribution in [3.05, 3.63) is 78.0 Å². The molecule has 4 rings (SSSR count). The first kappa shape index (κ1) is 18.8. The van der Waals surface area contributed by atoms with Crippen LogP contribution in [-0.2, 0) is 0 Å². The summed E-state index contributed by atoms with van der Waals surface area (Å²) in [7, 11) is 0. The number of benzene rings is 2. The van der Waals surface area contributed by atoms with Gasteiger partial charge in [-0.25, -0.2) is 4.98 Å². The minimum absolute atomic E-state index is 0.348. The number of carbonyl (C=O) groups excluding carboxylic acids is 2. The lowest BCUT2D eigenvalue weighted by Crippen LogP contribution is -2.41. The predicted octanol–water partition coefficient (Wildman–Crippen LogP) is 3.08. The van der Waals surface area contributed by atoms with E-state index in [0.717, 1.165) is 4.90 Å². The van der Waals surface area contributed by atoms with E-state index in [1.807, 2.05) is 24.3 Å². The van der Waals surface area contributed by atoms with Crippen LogP contribution in [0.2, 0.25) is 0 Å². The zero-order valence-electron chi connectivity index (χ0n) is 15.3. The fourth-order valence-electron chi connectivity index (χ4n) is 2.69. The minimum atomic E-state index is -0.456. The molecular formula is C21H17N3O4S. The van der Waals surface area contributed by atoms with Gasteiger partial charge in [0.25, 0.3) is 11.8 Å². The summed E-state index contributed by atoms with van der Waals surface area (Å²) in [6, 6.07) is 17.5. The molecule has 0 saturated carbocycles. The smallest absolute Gasteiger partial charge is 0.272 e. The fourth-order valence-corrected chi connectivity index (χ4v) is 3.60. The Kier molecular flexibility index (Phi) is 5.62. The third-order valence-electron chi connectivity index (χ3n) is 4.07. The molecule has 2 amide bonds. The SMILES string of the molecule is O=C(NNC(=O)c1cccnc1Sc1ccc2c(c1)OCCO2)c1ccccc1. The number of hydrogen-bond donors (Lipinski definition) is 2. The Bertz CT molecular complexity index is 1040. The van der Waals surface area contributed by atoms with Gasteiger partial charge in [-0.15, -0.1) is 0 Å². The third-order valence-corrected chi connectivity index (χ3v) is 5.08. The molecule has 1 aromatic heterocycles. The fraction of sp³-hybridized carbons (Fsp3) is 0.0952. The maximum absolute atomic E-state index is 12.6. The molecule has 1 aliphatic rings. The Balaban J connectivity index is 1.46. The lowest BCUT2D eigenvalue weighted by Gasteiger charge is -2.18. The number of aromatic nitrogens is 1. The number of hydrogen-bond acceptors (Lipinski definition) is 6. The van der Waals surface area contributed by atoms with Crippen molar-refractivity contribution in [1.29, 1.82) is 0 Å². The lowest BCUT2D eigenvalue weighted by molar-refractivity contribution is 0.0844. The molecule has 3 aromatic rings. The van der Waals surface area contributed by atoms with E-state index in [2.05, 4.69) is 15.8 Å². The van der Waals surface area contributed by atoms with Gasteiger partial charge in [-0.05, 0) is 42.5 Å². The van der Waals surface area contributed by atoms with Crippen LogP contribution in [0, 0.1) is 0 Å². The quantitative estimate of drug-likeness (QED) is 0.646. The first-order valence-corrected chi connectivity index (χ1v) is 9.70. The van der Waals surface area contributed by atoms with Crippen molar-refractivity contribution in [2.45, 2.75) is 9.92 Å². The molecule has 29 heavy (non-hydrogen) atoms. The van der Waals surface area contributed by atoms with Crippen molar-refractivity contribution >= 4 is 23.6 Å². The van der Waals surface area contributed by atoms with Crippen LogP contribution in [0.1, 0.15) is 20.7 Å². The number of pyridine rings is 1. The van der Waals surface area contributed by atoms with E-state index in [9.17, 15) is 9.59 Å². The van der Waals surface area contributed by atoms with Crippen LogP contribution in [0.4, 0.5) is 0 Å². The number of nitrogens with zero attached hydrogens (tertiary/aromatic N) is 1. The van der Waals surface area contributed by atoms with Crippen LogP contribution in [0.5, 0.6) is 11.5 Å². The van der Waals surface area contributed by atoms with Crippen LogP contribution >= 0.6 is 11.8 Å². The van der Waals surface area contributed by atoms with Crippen molar-refractivity contribution in [1.82, 2.24) is 15.8 Å². The number of rotatable bonds is 4. The molecule has 8 heteroatoms. The molecule has 0 saturated heterocycles. The Morgan fingerprint density at radius 1 is 0.862 bits per heavy atom. The van der Waals surface area contributed by atoms with Crippen LogP contribution < -0.4 is 20.3 Å². The van der Waals surface area contributed by atoms with Gasteiger partial charge in [-0.1, -0.05) is 30.0 Å². The zero-order valence-corrected chi connectivity index (χ0v) is 16.1. The first-order chi connectivity index (χ1) is 14.2. The second kappa shape index (κ2) is 8.66. The molecular weight excluding hydrogens is 390 g/mol. The molecule has 2 heterocycles. The summed E-state index contributed by atoms with van der Waals surface area (Å²) < 4.78 is 11.1. The van der Waals surface area contributed by atoms with E-state index in [1.165, 1.54) is 11.8 Å². The molecule has 1 aliphatic heterocycles. The van der Waals surface area contributed by atoms with E-state index >= 15 is 0 Å². The largest absolute Gasteiger partial charge is 0.486 e. The monoisotopic (exact) mass is 407 g/mol. The van der Waals surface area contributed by atoms with Gasteiger partial charge in [0.15, 0.2) is 11.5 Å². The van der Waals surface area contributed by atoms with Crippen LogP contribution in [0.3, 0.4) is 0 Å². The summed E-state index contributed by atoms with van der Waals surface area (Å²) in [4.78, 5) is 29.9. The summed E-state index contributed by atoms with van der Waals surface area (Å²) >= 11 is 1.33. The van der Waals surface area contributed by atoms with Gasteiger partial charge in [-0.3, -0.25) is 20.4 Å². The highest BCUT2D eigenvalue weighted by Gasteiger charge is 2.17. The summed E-state index contributed by atoms with van der Waals surface area (Å²) in [5.74, 6) is 0.507. The summed E-state index contributed by atoms with van der Waals surface area (Å²) in [5, 5.41) is 0.510. The maximum atomic E-state index is 12.6. The lowest BCUT2D eigenvalue weighted by atomic mass is 10.2. The van der Waals surface area contributed by atoms with Gasteiger partial charge in [0.05, 0.1) is 5.56 Å². The average Bonchev–Trinajstić information content (AvgIpc) is 2.78. The number of amides is 2. The zero-order chi connectivity index (χ0) is 20.1. The average molecular weight is 407 g/mol. The molecule has 0 unspecified atom stereocenters. The molecule has 7 nitrogen and oxygen atoms in total. The molecule has 0 aliphatic carbocycles. The number of nitrogens with one attached hydrogen (secondary N) is 2. The Morgan fingerprint density at radius 2 is 1.62 bits per heavy atom. The summed E-state index contributed by atoms with van der Waals surface area (Å²) in [5.41, 5.74) is 5.65. The van der Waals surface area contributed by atoms with Crippen LogP contribution in [0.25, 0.3) is 0 Å². The van der Waals surface area contributed by atoms with Gasteiger partial charge in [0.1, 0.15) is 18.2 Å². The normalized spacial score (nSPS) is 12.1. The second-order valence-corrected chi connectivity index (χ2v) is 7.10. The highest BCUT2D eigenvalue weighted by molar-refractivity contribution is 7.99. The van der Waals surface area contributed by atoms with Crippen molar-refractivity contribution in [2.75, 3.05) is 13.2 Å². The van der Waals surface area contributed by atoms with Crippen molar-refractivity contribution in [3.8, 4) is 11.5 Å². The van der Waals surface area contributed by atoms with Gasteiger partial charge in [-0.2, -0.15) is 0 Å². The molecule has 0 atom stereocenters. The van der Waals surface area contributed by atoms with E-state index in [4.69, 9.17) is 9.47 Å². The number of ether oxygens (including phenoxy) is 2. The van der Waals surface area contributed by atoms with Gasteiger partial charge < -0.3 is 9.47 Å². The van der Waals surface area contributed by atoms with E-state index < -0.39 is 11.8 Å². The Morgan fingerprint density at radius 3 is 2.45 bits per heavy atom. The van der Waals surface area contributed by atoms with E-state index in [-0.39, 0.29) is 0 Å². The Labute approximate surface area is 171 Å². The second-order valence-electron chi connectivity index (χ2n) is 6.04. The molecule has 0 radical (unpaired) electrons. The maximum Gasteiger partial charge on any atom is 0.272 e. The van der Waals surface area contributed by atoms with Crippen molar-refractivity contribution in [3.63, 3.8) is 0 Å². The number of carbonyl (C=O) groups is 2. The van der Waals surface area contributed by atoms with Gasteiger partial charge >= 0.3 is 0 Å². The van der Waals surface area contributed by atoms with Crippen molar-refractivity contribution in [2.24, 2.45) is 0 Å². The molecule has 0 bridgehead atoms.